The molecular weight excluding hydrogens is 490 g/mol. The highest BCUT2D eigenvalue weighted by Crippen LogP contribution is 2.24. The molecule has 0 spiro atoms. The van der Waals surface area contributed by atoms with Crippen LogP contribution in [-0.2, 0) is 26.2 Å². The van der Waals surface area contributed by atoms with Gasteiger partial charge in [0, 0.05) is 23.8 Å². The summed E-state index contributed by atoms with van der Waals surface area (Å²) in [4.78, 5) is 29.5. The molecule has 11 heteroatoms. The number of hydrogen-bond acceptors (Lipinski definition) is 5. The molecule has 3 aromatic rings. The molecular formula is C24H28ClN5O4S. The summed E-state index contributed by atoms with van der Waals surface area (Å²) in [5.41, 5.74) is 0.718. The van der Waals surface area contributed by atoms with Crippen LogP contribution in [0.5, 0.6) is 0 Å². The largest absolute Gasteiger partial charge is 0.333 e. The predicted octanol–water partition coefficient (Wildman–Crippen LogP) is 2.92. The summed E-state index contributed by atoms with van der Waals surface area (Å²) < 4.78 is 28.6. The fourth-order valence-electron chi connectivity index (χ4n) is 4.25. The van der Waals surface area contributed by atoms with Crippen molar-refractivity contribution >= 4 is 44.2 Å². The third-order valence-electron chi connectivity index (χ3n) is 6.24. The molecule has 1 aliphatic heterocycles. The molecule has 1 saturated heterocycles. The zero-order valence-electron chi connectivity index (χ0n) is 19.7. The number of sulfonamides is 1. The summed E-state index contributed by atoms with van der Waals surface area (Å²) in [6.45, 7) is 6.07. The zero-order valence-corrected chi connectivity index (χ0v) is 21.3. The first kappa shape index (κ1) is 25.2. The van der Waals surface area contributed by atoms with E-state index in [0.717, 1.165) is 16.5 Å². The second-order valence-electron chi connectivity index (χ2n) is 8.95. The molecule has 4 rings (SSSR count). The number of amides is 2. The third kappa shape index (κ3) is 5.34. The number of nitrogens with zero attached hydrogens (tertiary/aromatic N) is 3. The fraction of sp³-hybridized carbons (Fsp3) is 0.375. The maximum absolute atomic E-state index is 13.3. The predicted molar refractivity (Wildman–Crippen MR) is 133 cm³/mol. The van der Waals surface area contributed by atoms with Gasteiger partial charge in [0.25, 0.3) is 0 Å². The maximum Gasteiger partial charge on any atom is 0.245 e. The fourth-order valence-corrected chi connectivity index (χ4v) is 5.69. The van der Waals surface area contributed by atoms with Gasteiger partial charge in [-0.2, -0.15) is 9.82 Å². The summed E-state index contributed by atoms with van der Waals surface area (Å²) in [5.74, 6) is -0.626. The van der Waals surface area contributed by atoms with Gasteiger partial charge >= 0.3 is 0 Å². The first-order chi connectivity index (χ1) is 16.6. The van der Waals surface area contributed by atoms with Crippen LogP contribution >= 0.6 is 11.6 Å². The van der Waals surface area contributed by atoms with Gasteiger partial charge in [-0.15, -0.1) is 0 Å². The Balaban J connectivity index is 1.46. The van der Waals surface area contributed by atoms with Gasteiger partial charge in [0.2, 0.25) is 21.8 Å². The van der Waals surface area contributed by atoms with Gasteiger partial charge in [-0.25, -0.2) is 8.42 Å². The molecule has 1 fully saturated rings. The minimum Gasteiger partial charge on any atom is -0.333 e. The highest BCUT2D eigenvalue weighted by molar-refractivity contribution is 7.89. The Morgan fingerprint density at radius 1 is 1.20 bits per heavy atom. The number of likely N-dealkylation sites (tertiary alicyclic amines) is 1. The number of H-pyrrole nitrogens is 1. The lowest BCUT2D eigenvalue weighted by Gasteiger charge is -2.32. The van der Waals surface area contributed by atoms with E-state index in [1.165, 1.54) is 11.0 Å². The summed E-state index contributed by atoms with van der Waals surface area (Å²) in [6, 6.07) is 9.93. The van der Waals surface area contributed by atoms with Crippen molar-refractivity contribution in [3.8, 4) is 0 Å². The average Bonchev–Trinajstić information content (AvgIpc) is 3.45. The van der Waals surface area contributed by atoms with E-state index in [-0.39, 0.29) is 29.8 Å². The lowest BCUT2D eigenvalue weighted by Crippen LogP contribution is -2.51. The van der Waals surface area contributed by atoms with E-state index in [9.17, 15) is 18.0 Å². The lowest BCUT2D eigenvalue weighted by atomic mass is 10.1. The molecule has 2 aromatic carbocycles. The van der Waals surface area contributed by atoms with Crippen LogP contribution in [0.1, 0.15) is 32.9 Å². The lowest BCUT2D eigenvalue weighted by molar-refractivity contribution is -0.145. The van der Waals surface area contributed by atoms with Crippen molar-refractivity contribution in [3.63, 3.8) is 0 Å². The smallest absolute Gasteiger partial charge is 0.245 e. The number of nitrogens with one attached hydrogen (secondary N) is 2. The molecule has 186 valence electrons. The summed E-state index contributed by atoms with van der Waals surface area (Å²) in [5, 5.41) is 8.95. The third-order valence-corrected chi connectivity index (χ3v) is 7.95. The quantitative estimate of drug-likeness (QED) is 0.476. The van der Waals surface area contributed by atoms with Crippen molar-refractivity contribution < 1.29 is 18.0 Å². The molecule has 2 N–H and O–H groups in total. The van der Waals surface area contributed by atoms with Gasteiger partial charge in [0.05, 0.1) is 17.1 Å². The van der Waals surface area contributed by atoms with E-state index >= 15 is 0 Å². The Hall–Kier alpha value is -2.95. The Kier molecular flexibility index (Phi) is 7.16. The zero-order chi connectivity index (χ0) is 25.3. The van der Waals surface area contributed by atoms with E-state index in [2.05, 4.69) is 14.9 Å². The molecule has 2 amide bonds. The molecule has 9 nitrogen and oxygen atoms in total. The number of aromatic nitrogens is 2. The van der Waals surface area contributed by atoms with Gasteiger partial charge in [0.1, 0.15) is 12.1 Å². The Labute approximate surface area is 209 Å². The van der Waals surface area contributed by atoms with Crippen LogP contribution in [0.3, 0.4) is 0 Å². The van der Waals surface area contributed by atoms with Crippen LogP contribution in [0.15, 0.2) is 53.6 Å². The van der Waals surface area contributed by atoms with Crippen molar-refractivity contribution in [1.29, 1.82) is 0 Å². The van der Waals surface area contributed by atoms with Gasteiger partial charge in [-0.05, 0) is 68.3 Å². The van der Waals surface area contributed by atoms with Crippen LogP contribution < -0.4 is 4.72 Å². The van der Waals surface area contributed by atoms with E-state index in [1.54, 1.807) is 54.4 Å². The number of benzene rings is 2. The molecule has 0 radical (unpaired) electrons. The summed E-state index contributed by atoms with van der Waals surface area (Å²) >= 11 is 6.01. The highest BCUT2D eigenvalue weighted by Gasteiger charge is 2.40. The monoisotopic (exact) mass is 517 g/mol. The minimum absolute atomic E-state index is 0.0627. The molecule has 0 bridgehead atoms. The second kappa shape index (κ2) is 9.96. The van der Waals surface area contributed by atoms with Crippen molar-refractivity contribution in [2.24, 2.45) is 0 Å². The van der Waals surface area contributed by atoms with Gasteiger partial charge in [-0.3, -0.25) is 14.7 Å². The van der Waals surface area contributed by atoms with E-state index in [1.807, 2.05) is 13.8 Å². The first-order valence-electron chi connectivity index (χ1n) is 11.4. The molecule has 35 heavy (non-hydrogen) atoms. The Bertz CT molecular complexity index is 1340. The van der Waals surface area contributed by atoms with Crippen LogP contribution in [0.2, 0.25) is 5.02 Å². The number of fused-ring (bicyclic) bond motifs is 1. The van der Waals surface area contributed by atoms with Crippen molar-refractivity contribution in [1.82, 2.24) is 24.7 Å². The van der Waals surface area contributed by atoms with Crippen LogP contribution in [0.4, 0.5) is 0 Å². The normalized spacial score (nSPS) is 17.3. The van der Waals surface area contributed by atoms with Crippen LogP contribution in [-0.4, -0.2) is 64.9 Å². The number of carbonyl (C=O) groups is 2. The molecule has 0 unspecified atom stereocenters. The SMILES string of the molecule is CC(C)N(Cc1cc[nH]n1)C(=O)[C@H](C)N1CC[C@H](NS(=O)(=O)c2ccc3cc(Cl)ccc3c2)C1=O. The standard InChI is InChI=1S/C24H28ClN5O4S/c1-15(2)30(14-20-8-10-26-27-20)23(31)16(3)29-11-9-22(24(29)32)28-35(33,34)21-7-5-17-12-19(25)6-4-18(17)13-21/h4-8,10,12-13,15-16,22,28H,9,11,14H2,1-3H3,(H,26,27)/t16-,22-/m0/s1. The minimum atomic E-state index is -3.95. The number of hydrogen-bond donors (Lipinski definition) is 2. The molecule has 2 atom stereocenters. The Morgan fingerprint density at radius 2 is 1.91 bits per heavy atom. The molecule has 2 heterocycles. The Morgan fingerprint density at radius 3 is 2.60 bits per heavy atom. The van der Waals surface area contributed by atoms with E-state index < -0.39 is 28.0 Å². The van der Waals surface area contributed by atoms with Gasteiger partial charge in [-0.1, -0.05) is 23.7 Å². The first-order valence-corrected chi connectivity index (χ1v) is 13.2. The highest BCUT2D eigenvalue weighted by atomic mass is 35.5. The molecule has 0 saturated carbocycles. The van der Waals surface area contributed by atoms with Crippen molar-refractivity contribution in [2.75, 3.05) is 6.54 Å². The van der Waals surface area contributed by atoms with E-state index in [0.29, 0.717) is 11.6 Å². The molecule has 1 aliphatic rings. The topological polar surface area (TPSA) is 115 Å². The van der Waals surface area contributed by atoms with Crippen molar-refractivity contribution in [3.05, 3.63) is 59.4 Å². The molecule has 1 aromatic heterocycles. The van der Waals surface area contributed by atoms with Crippen molar-refractivity contribution in [2.45, 2.75) is 56.8 Å². The van der Waals surface area contributed by atoms with Crippen LogP contribution in [0.25, 0.3) is 10.8 Å². The van der Waals surface area contributed by atoms with Gasteiger partial charge in [0.15, 0.2) is 0 Å². The molecule has 0 aliphatic carbocycles. The summed E-state index contributed by atoms with van der Waals surface area (Å²) in [7, 11) is -3.95. The van der Waals surface area contributed by atoms with Crippen LogP contribution in [0, 0.1) is 0 Å². The number of rotatable bonds is 8. The number of carbonyl (C=O) groups excluding carboxylic acids is 2. The maximum atomic E-state index is 13.3. The van der Waals surface area contributed by atoms with Gasteiger partial charge < -0.3 is 9.80 Å². The van der Waals surface area contributed by atoms with E-state index in [4.69, 9.17) is 11.6 Å². The number of aromatic amines is 1. The second-order valence-corrected chi connectivity index (χ2v) is 11.1. The number of halogens is 1. The summed E-state index contributed by atoms with van der Waals surface area (Å²) in [6.07, 6.45) is 1.97. The average molecular weight is 518 g/mol.